The second kappa shape index (κ2) is 7.38. The topological polar surface area (TPSA) is 90.5 Å². The fourth-order valence-electron chi connectivity index (χ4n) is 2.46. The zero-order valence-electron chi connectivity index (χ0n) is 14.0. The Hall–Kier alpha value is -3.52. The fraction of sp³-hybridized carbons (Fsp3) is 0.0556. The Labute approximate surface area is 159 Å². The van der Waals surface area contributed by atoms with Crippen molar-refractivity contribution in [1.29, 1.82) is 0 Å². The largest absolute Gasteiger partial charge is 0.346 e. The number of pyridine rings is 1. The first-order chi connectivity index (χ1) is 13.2. The Kier molecular flexibility index (Phi) is 4.63. The number of carbonyl (C=O) groups is 1. The van der Waals surface area contributed by atoms with Crippen molar-refractivity contribution in [2.24, 2.45) is 0 Å². The van der Waals surface area contributed by atoms with E-state index in [9.17, 15) is 4.79 Å². The van der Waals surface area contributed by atoms with Gasteiger partial charge in [0.15, 0.2) is 11.5 Å². The average Bonchev–Trinajstić information content (AvgIpc) is 3.39. The number of amides is 1. The van der Waals surface area contributed by atoms with Gasteiger partial charge in [-0.05, 0) is 29.8 Å². The predicted molar refractivity (Wildman–Crippen MR) is 98.9 cm³/mol. The number of nitrogens with one attached hydrogen (secondary N) is 1. The molecular formula is C18H14ClN7O. The maximum absolute atomic E-state index is 12.3. The van der Waals surface area contributed by atoms with Crippen LogP contribution in [0.3, 0.4) is 0 Å². The second-order valence-corrected chi connectivity index (χ2v) is 6.06. The van der Waals surface area contributed by atoms with Crippen molar-refractivity contribution in [1.82, 2.24) is 35.1 Å². The van der Waals surface area contributed by atoms with Gasteiger partial charge in [0, 0.05) is 25.1 Å². The fourth-order valence-corrected chi connectivity index (χ4v) is 2.68. The van der Waals surface area contributed by atoms with Gasteiger partial charge in [0.1, 0.15) is 0 Å². The quantitative estimate of drug-likeness (QED) is 0.575. The van der Waals surface area contributed by atoms with Crippen molar-refractivity contribution in [3.05, 3.63) is 83.5 Å². The number of nitrogens with zero attached hydrogens (tertiary/aromatic N) is 6. The third-order valence-corrected chi connectivity index (χ3v) is 4.15. The molecule has 0 aliphatic heterocycles. The lowest BCUT2D eigenvalue weighted by molar-refractivity contribution is 0.0946. The maximum atomic E-state index is 12.3. The molecule has 9 heteroatoms. The highest BCUT2D eigenvalue weighted by atomic mass is 35.5. The highest BCUT2D eigenvalue weighted by molar-refractivity contribution is 6.32. The molecule has 0 saturated heterocycles. The van der Waals surface area contributed by atoms with Crippen molar-refractivity contribution in [2.45, 2.75) is 6.54 Å². The van der Waals surface area contributed by atoms with Crippen molar-refractivity contribution in [2.75, 3.05) is 0 Å². The second-order valence-electron chi connectivity index (χ2n) is 5.66. The number of carbonyl (C=O) groups excluding carboxylic acids is 1. The molecule has 0 bridgehead atoms. The van der Waals surface area contributed by atoms with Crippen molar-refractivity contribution < 1.29 is 4.79 Å². The summed E-state index contributed by atoms with van der Waals surface area (Å²) < 4.78 is 3.13. The van der Waals surface area contributed by atoms with Gasteiger partial charge >= 0.3 is 0 Å². The van der Waals surface area contributed by atoms with Crippen LogP contribution in [0.2, 0.25) is 5.02 Å². The Morgan fingerprint density at radius 1 is 1.11 bits per heavy atom. The highest BCUT2D eigenvalue weighted by Crippen LogP contribution is 2.18. The first kappa shape index (κ1) is 16.9. The maximum Gasteiger partial charge on any atom is 0.273 e. The van der Waals surface area contributed by atoms with E-state index in [1.54, 1.807) is 29.2 Å². The molecule has 0 radical (unpaired) electrons. The molecule has 0 fully saturated rings. The average molecular weight is 380 g/mol. The smallest absolute Gasteiger partial charge is 0.273 e. The summed E-state index contributed by atoms with van der Waals surface area (Å²) in [6, 6.07) is 12.7. The van der Waals surface area contributed by atoms with Gasteiger partial charge in [-0.1, -0.05) is 35.0 Å². The third kappa shape index (κ3) is 3.70. The lowest BCUT2D eigenvalue weighted by Gasteiger charge is -2.05. The van der Waals surface area contributed by atoms with E-state index in [4.69, 9.17) is 11.6 Å². The number of halogens is 1. The van der Waals surface area contributed by atoms with Crippen molar-refractivity contribution >= 4 is 17.5 Å². The Bertz CT molecular complexity index is 1060. The highest BCUT2D eigenvalue weighted by Gasteiger charge is 2.12. The number of benzene rings is 1. The van der Waals surface area contributed by atoms with E-state index in [2.05, 4.69) is 25.7 Å². The summed E-state index contributed by atoms with van der Waals surface area (Å²) in [6.07, 6.45) is 6.73. The molecule has 0 aliphatic rings. The Balaban J connectivity index is 1.41. The van der Waals surface area contributed by atoms with Crippen molar-refractivity contribution in [3.63, 3.8) is 0 Å². The Morgan fingerprint density at radius 2 is 2.00 bits per heavy atom. The van der Waals surface area contributed by atoms with Gasteiger partial charge < -0.3 is 5.32 Å². The molecular weight excluding hydrogens is 366 g/mol. The molecule has 8 nitrogen and oxygen atoms in total. The minimum absolute atomic E-state index is 0.205. The normalized spacial score (nSPS) is 10.7. The van der Waals surface area contributed by atoms with Crippen LogP contribution in [0.4, 0.5) is 0 Å². The van der Waals surface area contributed by atoms with Crippen LogP contribution in [0.1, 0.15) is 16.1 Å². The molecule has 4 rings (SSSR count). The van der Waals surface area contributed by atoms with Crippen molar-refractivity contribution in [3.8, 4) is 11.5 Å². The minimum atomic E-state index is -0.329. The molecule has 0 aliphatic carbocycles. The molecule has 134 valence electrons. The van der Waals surface area contributed by atoms with Crippen LogP contribution in [0.15, 0.2) is 67.3 Å². The van der Waals surface area contributed by atoms with E-state index in [1.165, 1.54) is 10.9 Å². The first-order valence-electron chi connectivity index (χ1n) is 8.11. The zero-order valence-corrected chi connectivity index (χ0v) is 14.8. The van der Waals surface area contributed by atoms with Crippen LogP contribution in [0.25, 0.3) is 11.5 Å². The van der Waals surface area contributed by atoms with E-state index >= 15 is 0 Å². The molecule has 1 aromatic carbocycles. The van der Waals surface area contributed by atoms with Gasteiger partial charge in [-0.25, -0.2) is 14.3 Å². The molecule has 1 N–H and O–H groups in total. The summed E-state index contributed by atoms with van der Waals surface area (Å²) in [4.78, 5) is 16.6. The van der Waals surface area contributed by atoms with Crippen LogP contribution in [-0.4, -0.2) is 35.7 Å². The van der Waals surface area contributed by atoms with Gasteiger partial charge in [-0.3, -0.25) is 4.79 Å². The van der Waals surface area contributed by atoms with E-state index in [0.717, 1.165) is 5.56 Å². The van der Waals surface area contributed by atoms with Gasteiger partial charge in [0.25, 0.3) is 5.91 Å². The molecule has 3 heterocycles. The summed E-state index contributed by atoms with van der Waals surface area (Å²) in [5.41, 5.74) is 1.72. The first-order valence-corrected chi connectivity index (χ1v) is 8.49. The molecule has 0 saturated carbocycles. The molecule has 0 unspecified atom stereocenters. The molecule has 27 heavy (non-hydrogen) atoms. The number of aromatic nitrogens is 6. The molecule has 0 atom stereocenters. The molecule has 0 spiro atoms. The van der Waals surface area contributed by atoms with Crippen LogP contribution in [0, 0.1) is 0 Å². The van der Waals surface area contributed by atoms with Gasteiger partial charge in [-0.15, -0.1) is 5.10 Å². The predicted octanol–water partition coefficient (Wildman–Crippen LogP) is 2.43. The lowest BCUT2D eigenvalue weighted by Crippen LogP contribution is -2.23. The van der Waals surface area contributed by atoms with E-state index in [0.29, 0.717) is 23.1 Å². The van der Waals surface area contributed by atoms with Crippen LogP contribution in [-0.2, 0) is 6.54 Å². The minimum Gasteiger partial charge on any atom is -0.346 e. The molecule has 4 aromatic rings. The number of para-hydroxylation sites is 1. The van der Waals surface area contributed by atoms with Gasteiger partial charge in [0.2, 0.25) is 0 Å². The van der Waals surface area contributed by atoms with E-state index < -0.39 is 0 Å². The van der Waals surface area contributed by atoms with Gasteiger partial charge in [-0.2, -0.15) is 5.10 Å². The van der Waals surface area contributed by atoms with Crippen LogP contribution in [0.5, 0.6) is 0 Å². The van der Waals surface area contributed by atoms with E-state index in [1.807, 2.05) is 36.5 Å². The van der Waals surface area contributed by atoms with Crippen LogP contribution >= 0.6 is 11.6 Å². The number of hydrogen-bond acceptors (Lipinski definition) is 5. The zero-order chi connectivity index (χ0) is 18.6. The summed E-state index contributed by atoms with van der Waals surface area (Å²) >= 11 is 6.14. The summed E-state index contributed by atoms with van der Waals surface area (Å²) in [7, 11) is 0. The Morgan fingerprint density at radius 3 is 2.74 bits per heavy atom. The van der Waals surface area contributed by atoms with Crippen LogP contribution < -0.4 is 5.32 Å². The van der Waals surface area contributed by atoms with E-state index in [-0.39, 0.29) is 11.6 Å². The standard InChI is InChI=1S/C18H14ClN7O/c19-14-4-1-2-5-16(14)26-12-15(23-24-26)18(27)21-11-13-6-7-17(20-10-13)25-9-3-8-22-25/h1-10,12H,11H2,(H,21,27). The monoisotopic (exact) mass is 379 g/mol. The number of rotatable bonds is 5. The SMILES string of the molecule is O=C(NCc1ccc(-n2cccn2)nc1)c1cn(-c2ccccc2Cl)nn1. The summed E-state index contributed by atoms with van der Waals surface area (Å²) in [5.74, 6) is 0.377. The molecule has 3 aromatic heterocycles. The van der Waals surface area contributed by atoms with Gasteiger partial charge in [0.05, 0.1) is 16.9 Å². The third-order valence-electron chi connectivity index (χ3n) is 3.83. The molecule has 1 amide bonds. The lowest BCUT2D eigenvalue weighted by atomic mass is 10.2. The summed E-state index contributed by atoms with van der Waals surface area (Å²) in [5, 5.41) is 15.3. The number of hydrogen-bond donors (Lipinski definition) is 1. The summed E-state index contributed by atoms with van der Waals surface area (Å²) in [6.45, 7) is 0.324.